The first-order valence-corrected chi connectivity index (χ1v) is 5.63. The van der Waals surface area contributed by atoms with Gasteiger partial charge in [-0.1, -0.05) is 6.92 Å². The number of carboxylic acids is 1. The lowest BCUT2D eigenvalue weighted by atomic mass is 9.86. The van der Waals surface area contributed by atoms with Gasteiger partial charge in [0.05, 0.1) is 0 Å². The van der Waals surface area contributed by atoms with Crippen LogP contribution >= 0.6 is 0 Å². The van der Waals surface area contributed by atoms with Crippen molar-refractivity contribution in [1.82, 2.24) is 5.32 Å². The number of rotatable bonds is 4. The van der Waals surface area contributed by atoms with E-state index in [1.54, 1.807) is 0 Å². The molecular weight excluding hydrogens is 210 g/mol. The predicted octanol–water partition coefficient (Wildman–Crippen LogP) is 0.638. The van der Waals surface area contributed by atoms with Crippen LogP contribution in [0.1, 0.15) is 26.7 Å². The Kier molecular flexibility index (Phi) is 4.73. The smallest absolute Gasteiger partial charge is 0.325 e. The van der Waals surface area contributed by atoms with E-state index in [0.717, 1.165) is 12.8 Å². The summed E-state index contributed by atoms with van der Waals surface area (Å²) in [6, 6.07) is -0.824. The van der Waals surface area contributed by atoms with Crippen molar-refractivity contribution in [2.45, 2.75) is 32.7 Å². The molecule has 0 aliphatic carbocycles. The highest BCUT2D eigenvalue weighted by Gasteiger charge is 2.27. The van der Waals surface area contributed by atoms with E-state index < -0.39 is 12.0 Å². The number of aliphatic carboxylic acids is 1. The maximum absolute atomic E-state index is 11.7. The van der Waals surface area contributed by atoms with E-state index in [4.69, 9.17) is 9.84 Å². The van der Waals surface area contributed by atoms with Crippen LogP contribution in [0.4, 0.5) is 0 Å². The molecular formula is C11H19NO4. The number of carbonyl (C=O) groups excluding carboxylic acids is 1. The highest BCUT2D eigenvalue weighted by Crippen LogP contribution is 2.23. The minimum atomic E-state index is -1.01. The summed E-state index contributed by atoms with van der Waals surface area (Å²) in [6.45, 7) is 4.70. The number of amides is 1. The van der Waals surface area contributed by atoms with E-state index in [9.17, 15) is 9.59 Å². The molecule has 1 heterocycles. The van der Waals surface area contributed by atoms with Crippen LogP contribution in [-0.4, -0.2) is 36.2 Å². The zero-order chi connectivity index (χ0) is 12.1. The first-order chi connectivity index (χ1) is 7.52. The maximum Gasteiger partial charge on any atom is 0.325 e. The molecule has 1 aliphatic heterocycles. The lowest BCUT2D eigenvalue weighted by Crippen LogP contribution is -2.43. The number of hydrogen-bond donors (Lipinski definition) is 2. The molecule has 0 spiro atoms. The first-order valence-electron chi connectivity index (χ1n) is 5.63. The van der Waals surface area contributed by atoms with Crippen LogP contribution in [0.3, 0.4) is 0 Å². The van der Waals surface area contributed by atoms with Crippen molar-refractivity contribution >= 4 is 11.9 Å². The molecule has 2 N–H and O–H groups in total. The SMILES string of the molecule is CC(NC(=O)C(C)C1CCOCC1)C(=O)O. The molecule has 1 fully saturated rings. The van der Waals surface area contributed by atoms with Gasteiger partial charge in [0.2, 0.25) is 5.91 Å². The second kappa shape index (κ2) is 5.84. The van der Waals surface area contributed by atoms with Crippen molar-refractivity contribution in [2.24, 2.45) is 11.8 Å². The molecule has 0 bridgehead atoms. The Morgan fingerprint density at radius 2 is 1.88 bits per heavy atom. The molecule has 0 aromatic carbocycles. The Hall–Kier alpha value is -1.10. The standard InChI is InChI=1S/C11H19NO4/c1-7(9-3-5-16-6-4-9)10(13)12-8(2)11(14)15/h7-9H,3-6H2,1-2H3,(H,12,13)(H,14,15). The summed E-state index contributed by atoms with van der Waals surface area (Å²) in [4.78, 5) is 22.3. The molecule has 1 amide bonds. The van der Waals surface area contributed by atoms with E-state index in [-0.39, 0.29) is 11.8 Å². The highest BCUT2D eigenvalue weighted by atomic mass is 16.5. The number of nitrogens with one attached hydrogen (secondary N) is 1. The van der Waals surface area contributed by atoms with Crippen molar-refractivity contribution < 1.29 is 19.4 Å². The number of ether oxygens (including phenoxy) is 1. The zero-order valence-corrected chi connectivity index (χ0v) is 9.73. The fraction of sp³-hybridized carbons (Fsp3) is 0.818. The topological polar surface area (TPSA) is 75.6 Å². The Bertz CT molecular complexity index is 261. The van der Waals surface area contributed by atoms with Crippen LogP contribution in [0.2, 0.25) is 0 Å². The summed E-state index contributed by atoms with van der Waals surface area (Å²) >= 11 is 0. The molecule has 1 aliphatic rings. The molecule has 16 heavy (non-hydrogen) atoms. The summed E-state index contributed by atoms with van der Waals surface area (Å²) in [5.41, 5.74) is 0. The van der Waals surface area contributed by atoms with Crippen molar-refractivity contribution in [2.75, 3.05) is 13.2 Å². The van der Waals surface area contributed by atoms with Crippen LogP contribution in [0, 0.1) is 11.8 Å². The van der Waals surface area contributed by atoms with Crippen molar-refractivity contribution in [3.05, 3.63) is 0 Å². The van der Waals surface area contributed by atoms with Gasteiger partial charge in [-0.15, -0.1) is 0 Å². The van der Waals surface area contributed by atoms with Crippen molar-refractivity contribution in [3.63, 3.8) is 0 Å². The van der Waals surface area contributed by atoms with Gasteiger partial charge in [0, 0.05) is 19.1 Å². The zero-order valence-electron chi connectivity index (χ0n) is 9.73. The minimum Gasteiger partial charge on any atom is -0.480 e. The summed E-state index contributed by atoms with van der Waals surface area (Å²) < 4.78 is 5.22. The average Bonchev–Trinajstić information content (AvgIpc) is 2.28. The number of hydrogen-bond acceptors (Lipinski definition) is 3. The first kappa shape index (κ1) is 13.0. The molecule has 5 nitrogen and oxygen atoms in total. The molecule has 0 aromatic heterocycles. The second-order valence-electron chi connectivity index (χ2n) is 4.31. The van der Waals surface area contributed by atoms with Crippen molar-refractivity contribution in [3.8, 4) is 0 Å². The molecule has 5 heteroatoms. The molecule has 2 unspecified atom stereocenters. The van der Waals surface area contributed by atoms with E-state index >= 15 is 0 Å². The third-order valence-electron chi connectivity index (χ3n) is 3.12. The minimum absolute atomic E-state index is 0.148. The Balaban J connectivity index is 2.43. The highest BCUT2D eigenvalue weighted by molar-refractivity contribution is 5.84. The van der Waals surface area contributed by atoms with Gasteiger partial charge in [-0.3, -0.25) is 9.59 Å². The normalized spacial score (nSPS) is 21.1. The Labute approximate surface area is 95.2 Å². The fourth-order valence-corrected chi connectivity index (χ4v) is 1.84. The van der Waals surface area contributed by atoms with E-state index in [1.165, 1.54) is 6.92 Å². The summed E-state index contributed by atoms with van der Waals surface area (Å²) in [5, 5.41) is 11.2. The third kappa shape index (κ3) is 3.48. The average molecular weight is 229 g/mol. The lowest BCUT2D eigenvalue weighted by molar-refractivity contribution is -0.142. The molecule has 92 valence electrons. The van der Waals surface area contributed by atoms with Crippen LogP contribution in [0.25, 0.3) is 0 Å². The quantitative estimate of drug-likeness (QED) is 0.741. The number of carboxylic acid groups (broad SMARTS) is 1. The predicted molar refractivity (Wildman–Crippen MR) is 57.9 cm³/mol. The van der Waals surface area contributed by atoms with Gasteiger partial charge in [-0.05, 0) is 25.7 Å². The fourth-order valence-electron chi connectivity index (χ4n) is 1.84. The van der Waals surface area contributed by atoms with E-state index in [1.807, 2.05) is 6.92 Å². The molecule has 0 radical (unpaired) electrons. The third-order valence-corrected chi connectivity index (χ3v) is 3.12. The summed E-state index contributed by atoms with van der Waals surface area (Å²) in [5.74, 6) is -1.03. The number of carbonyl (C=O) groups is 2. The van der Waals surface area contributed by atoms with Gasteiger partial charge in [0.25, 0.3) is 0 Å². The van der Waals surface area contributed by atoms with Crippen LogP contribution in [0.5, 0.6) is 0 Å². The van der Waals surface area contributed by atoms with Gasteiger partial charge >= 0.3 is 5.97 Å². The molecule has 1 rings (SSSR count). The largest absolute Gasteiger partial charge is 0.480 e. The van der Waals surface area contributed by atoms with Crippen LogP contribution in [0.15, 0.2) is 0 Å². The molecule has 0 saturated carbocycles. The van der Waals surface area contributed by atoms with Crippen LogP contribution < -0.4 is 5.32 Å². The molecule has 0 aromatic rings. The van der Waals surface area contributed by atoms with E-state index in [0.29, 0.717) is 19.1 Å². The van der Waals surface area contributed by atoms with E-state index in [2.05, 4.69) is 5.32 Å². The van der Waals surface area contributed by atoms with Gasteiger partial charge in [0.1, 0.15) is 6.04 Å². The van der Waals surface area contributed by atoms with Gasteiger partial charge in [-0.25, -0.2) is 0 Å². The van der Waals surface area contributed by atoms with Gasteiger partial charge in [0.15, 0.2) is 0 Å². The monoisotopic (exact) mass is 229 g/mol. The second-order valence-corrected chi connectivity index (χ2v) is 4.31. The summed E-state index contributed by atoms with van der Waals surface area (Å²) in [6.07, 6.45) is 1.74. The van der Waals surface area contributed by atoms with Crippen LogP contribution in [-0.2, 0) is 14.3 Å². The Morgan fingerprint density at radius 1 is 1.31 bits per heavy atom. The summed E-state index contributed by atoms with van der Waals surface area (Å²) in [7, 11) is 0. The maximum atomic E-state index is 11.7. The van der Waals surface area contributed by atoms with Crippen molar-refractivity contribution in [1.29, 1.82) is 0 Å². The molecule has 1 saturated heterocycles. The Morgan fingerprint density at radius 3 is 2.38 bits per heavy atom. The lowest BCUT2D eigenvalue weighted by Gasteiger charge is -2.27. The molecule has 2 atom stereocenters. The van der Waals surface area contributed by atoms with Gasteiger partial charge < -0.3 is 15.2 Å². The van der Waals surface area contributed by atoms with Gasteiger partial charge in [-0.2, -0.15) is 0 Å².